The van der Waals surface area contributed by atoms with E-state index in [0.717, 1.165) is 12.2 Å². The highest BCUT2D eigenvalue weighted by Crippen LogP contribution is 2.06. The van der Waals surface area contributed by atoms with Crippen molar-refractivity contribution >= 4 is 11.9 Å². The first-order chi connectivity index (χ1) is 6.50. The maximum atomic E-state index is 11.1. The normalized spacial score (nSPS) is 14.5. The summed E-state index contributed by atoms with van der Waals surface area (Å²) in [6.07, 6.45) is 3.38. The second kappa shape index (κ2) is 5.18. The van der Waals surface area contributed by atoms with E-state index in [2.05, 4.69) is 16.1 Å². The molecular weight excluding hydrogens is 186 g/mol. The highest BCUT2D eigenvalue weighted by molar-refractivity contribution is 5.89. The van der Waals surface area contributed by atoms with Crippen LogP contribution in [0.3, 0.4) is 0 Å². The van der Waals surface area contributed by atoms with Gasteiger partial charge in [-0.05, 0) is 6.08 Å². The van der Waals surface area contributed by atoms with Crippen molar-refractivity contribution in [3.63, 3.8) is 0 Å². The Balaban J connectivity index is 4.71. The molecule has 0 aromatic carbocycles. The monoisotopic (exact) mass is 199 g/mol. The summed E-state index contributed by atoms with van der Waals surface area (Å²) in [4.78, 5) is 21.9. The Morgan fingerprint density at radius 2 is 1.93 bits per heavy atom. The van der Waals surface area contributed by atoms with Crippen LogP contribution in [0, 0.1) is 0 Å². The quantitative estimate of drug-likeness (QED) is 0.384. The first kappa shape index (κ1) is 12.4. The molecule has 0 aliphatic rings. The number of hydrogen-bond acceptors (Lipinski definition) is 5. The third-order valence-electron chi connectivity index (χ3n) is 1.57. The van der Waals surface area contributed by atoms with E-state index >= 15 is 0 Å². The van der Waals surface area contributed by atoms with Crippen LogP contribution in [0.4, 0.5) is 0 Å². The summed E-state index contributed by atoms with van der Waals surface area (Å²) >= 11 is 0. The molecule has 0 rings (SSSR count). The number of rotatable bonds is 4. The van der Waals surface area contributed by atoms with Gasteiger partial charge in [-0.15, -0.1) is 6.58 Å². The lowest BCUT2D eigenvalue weighted by Gasteiger charge is -2.17. The van der Waals surface area contributed by atoms with Gasteiger partial charge in [0.2, 0.25) is 0 Å². The van der Waals surface area contributed by atoms with Crippen molar-refractivity contribution < 1.29 is 19.1 Å². The average Bonchev–Trinajstić information content (AvgIpc) is 2.23. The second-order valence-corrected chi connectivity index (χ2v) is 2.49. The Morgan fingerprint density at radius 3 is 2.29 bits per heavy atom. The third kappa shape index (κ3) is 3.02. The summed E-state index contributed by atoms with van der Waals surface area (Å²) in [6, 6.07) is 0. The summed E-state index contributed by atoms with van der Waals surface area (Å²) in [5.41, 5.74) is 4.07. The maximum absolute atomic E-state index is 11.1. The van der Waals surface area contributed by atoms with Crippen LogP contribution in [0.2, 0.25) is 0 Å². The van der Waals surface area contributed by atoms with Crippen LogP contribution in [0.1, 0.15) is 0 Å². The van der Waals surface area contributed by atoms with Gasteiger partial charge < -0.3 is 15.2 Å². The molecule has 78 valence electrons. The van der Waals surface area contributed by atoms with E-state index in [0.29, 0.717) is 0 Å². The van der Waals surface area contributed by atoms with Crippen molar-refractivity contribution in [1.29, 1.82) is 0 Å². The van der Waals surface area contributed by atoms with Gasteiger partial charge in [-0.1, -0.05) is 6.08 Å². The van der Waals surface area contributed by atoms with Crippen molar-refractivity contribution in [2.24, 2.45) is 5.73 Å². The van der Waals surface area contributed by atoms with E-state index in [1.165, 1.54) is 20.3 Å². The molecule has 0 aliphatic heterocycles. The minimum absolute atomic E-state index is 0.606. The third-order valence-corrected chi connectivity index (χ3v) is 1.57. The van der Waals surface area contributed by atoms with E-state index in [-0.39, 0.29) is 0 Å². The molecule has 0 aromatic heterocycles. The van der Waals surface area contributed by atoms with Crippen LogP contribution < -0.4 is 5.73 Å². The smallest absolute Gasteiger partial charge is 0.333 e. The molecule has 2 N–H and O–H groups in total. The van der Waals surface area contributed by atoms with Crippen LogP contribution in [0.15, 0.2) is 24.8 Å². The van der Waals surface area contributed by atoms with E-state index in [1.807, 2.05) is 0 Å². The van der Waals surface area contributed by atoms with E-state index in [1.54, 1.807) is 0 Å². The minimum atomic E-state index is -1.50. The summed E-state index contributed by atoms with van der Waals surface area (Å²) in [5.74, 6) is -1.31. The molecule has 0 saturated heterocycles. The fourth-order valence-corrected chi connectivity index (χ4v) is 0.670. The molecule has 0 amide bonds. The van der Waals surface area contributed by atoms with Crippen LogP contribution >= 0.6 is 0 Å². The van der Waals surface area contributed by atoms with Gasteiger partial charge in [-0.2, -0.15) is 0 Å². The number of hydrogen-bond donors (Lipinski definition) is 1. The average molecular weight is 199 g/mol. The SMILES string of the molecule is C=CC(N)(/C=C/C(=O)OC)C(=O)OC. The molecule has 0 radical (unpaired) electrons. The molecule has 1 atom stereocenters. The van der Waals surface area contributed by atoms with Gasteiger partial charge >= 0.3 is 11.9 Å². The highest BCUT2D eigenvalue weighted by atomic mass is 16.5. The van der Waals surface area contributed by atoms with Crippen molar-refractivity contribution in [2.75, 3.05) is 14.2 Å². The van der Waals surface area contributed by atoms with Gasteiger partial charge in [0.1, 0.15) is 0 Å². The number of methoxy groups -OCH3 is 2. The molecule has 0 bridgehead atoms. The number of carbonyl (C=O) groups excluding carboxylic acids is 2. The summed E-state index contributed by atoms with van der Waals surface area (Å²) in [6.45, 7) is 3.38. The molecule has 5 nitrogen and oxygen atoms in total. The van der Waals surface area contributed by atoms with Gasteiger partial charge in [-0.25, -0.2) is 9.59 Å². The topological polar surface area (TPSA) is 78.6 Å². The van der Waals surface area contributed by atoms with Crippen LogP contribution in [-0.2, 0) is 19.1 Å². The molecule has 0 fully saturated rings. The molecule has 0 aromatic rings. The maximum Gasteiger partial charge on any atom is 0.333 e. The molecule has 5 heteroatoms. The zero-order chi connectivity index (χ0) is 11.2. The van der Waals surface area contributed by atoms with Crippen molar-refractivity contribution in [2.45, 2.75) is 5.54 Å². The van der Waals surface area contributed by atoms with Crippen molar-refractivity contribution in [3.8, 4) is 0 Å². The zero-order valence-electron chi connectivity index (χ0n) is 8.15. The van der Waals surface area contributed by atoms with Crippen LogP contribution in [-0.4, -0.2) is 31.7 Å². The first-order valence-corrected chi connectivity index (χ1v) is 3.78. The standard InChI is InChI=1S/C9H13NO4/c1-4-9(10,8(12)14-3)6-5-7(11)13-2/h4-6H,1,10H2,2-3H3/b6-5+. The van der Waals surface area contributed by atoms with E-state index < -0.39 is 17.5 Å². The Labute approximate surface area is 82.2 Å². The summed E-state index contributed by atoms with van der Waals surface area (Å²) in [5, 5.41) is 0. The Morgan fingerprint density at radius 1 is 1.36 bits per heavy atom. The van der Waals surface area contributed by atoms with E-state index in [9.17, 15) is 9.59 Å². The van der Waals surface area contributed by atoms with Crippen molar-refractivity contribution in [1.82, 2.24) is 0 Å². The number of esters is 2. The van der Waals surface area contributed by atoms with Crippen LogP contribution in [0.25, 0.3) is 0 Å². The predicted molar refractivity (Wildman–Crippen MR) is 50.3 cm³/mol. The highest BCUT2D eigenvalue weighted by Gasteiger charge is 2.28. The summed E-state index contributed by atoms with van der Waals surface area (Å²) in [7, 11) is 2.41. The lowest BCUT2D eigenvalue weighted by molar-refractivity contribution is -0.143. The molecule has 0 aliphatic carbocycles. The van der Waals surface area contributed by atoms with Gasteiger partial charge in [0.25, 0.3) is 0 Å². The van der Waals surface area contributed by atoms with Gasteiger partial charge in [0.15, 0.2) is 5.54 Å². The first-order valence-electron chi connectivity index (χ1n) is 3.78. The number of carbonyl (C=O) groups is 2. The van der Waals surface area contributed by atoms with Crippen molar-refractivity contribution in [3.05, 3.63) is 24.8 Å². The Bertz CT molecular complexity index is 272. The van der Waals surface area contributed by atoms with Gasteiger partial charge in [0, 0.05) is 6.08 Å². The van der Waals surface area contributed by atoms with Gasteiger partial charge in [-0.3, -0.25) is 0 Å². The zero-order valence-corrected chi connectivity index (χ0v) is 8.15. The summed E-state index contributed by atoms with van der Waals surface area (Å²) < 4.78 is 8.77. The molecule has 0 spiro atoms. The molecule has 0 saturated carbocycles. The molecule has 0 heterocycles. The molecule has 1 unspecified atom stereocenters. The minimum Gasteiger partial charge on any atom is -0.467 e. The predicted octanol–water partition coefficient (Wildman–Crippen LogP) is -0.228. The molecular formula is C9H13NO4. The van der Waals surface area contributed by atoms with Crippen LogP contribution in [0.5, 0.6) is 0 Å². The fourth-order valence-electron chi connectivity index (χ4n) is 0.670. The number of nitrogens with two attached hydrogens (primary N) is 1. The van der Waals surface area contributed by atoms with Gasteiger partial charge in [0.05, 0.1) is 14.2 Å². The largest absolute Gasteiger partial charge is 0.467 e. The second-order valence-electron chi connectivity index (χ2n) is 2.49. The lowest BCUT2D eigenvalue weighted by atomic mass is 10.0. The van der Waals surface area contributed by atoms with E-state index in [4.69, 9.17) is 5.73 Å². The molecule has 14 heavy (non-hydrogen) atoms. The Kier molecular flexibility index (Phi) is 4.58. The number of ether oxygens (including phenoxy) is 2. The lowest BCUT2D eigenvalue weighted by Crippen LogP contribution is -2.45. The fraction of sp³-hybridized carbons (Fsp3) is 0.333. The Hall–Kier alpha value is -1.62.